The van der Waals surface area contributed by atoms with Crippen molar-refractivity contribution in [3.63, 3.8) is 0 Å². The molecular formula is C12H24N2O. The van der Waals surface area contributed by atoms with Gasteiger partial charge in [0, 0.05) is 13.1 Å². The highest BCUT2D eigenvalue weighted by molar-refractivity contribution is 5.78. The second-order valence-corrected chi connectivity index (χ2v) is 4.47. The zero-order valence-corrected chi connectivity index (χ0v) is 10.1. The molecule has 0 saturated heterocycles. The fraction of sp³-hybridized carbons (Fsp3) is 0.917. The summed E-state index contributed by atoms with van der Waals surface area (Å²) in [7, 11) is 1.92. The summed E-state index contributed by atoms with van der Waals surface area (Å²) in [4.78, 5) is 13.5. The molecule has 1 N–H and O–H groups in total. The average molecular weight is 212 g/mol. The van der Waals surface area contributed by atoms with E-state index in [4.69, 9.17) is 0 Å². The van der Waals surface area contributed by atoms with Gasteiger partial charge in [0.1, 0.15) is 0 Å². The van der Waals surface area contributed by atoms with E-state index in [-0.39, 0.29) is 5.91 Å². The quantitative estimate of drug-likeness (QED) is 0.622. The SMILES string of the molecule is CCCCCCNCC(=O)N(C)C1CC1. The first-order valence-corrected chi connectivity index (χ1v) is 6.22. The Hall–Kier alpha value is -0.570. The molecule has 1 saturated carbocycles. The lowest BCUT2D eigenvalue weighted by Crippen LogP contribution is -2.37. The highest BCUT2D eigenvalue weighted by Crippen LogP contribution is 2.24. The molecule has 88 valence electrons. The van der Waals surface area contributed by atoms with Crippen molar-refractivity contribution in [3.05, 3.63) is 0 Å². The van der Waals surface area contributed by atoms with Crippen LogP contribution >= 0.6 is 0 Å². The van der Waals surface area contributed by atoms with Crippen molar-refractivity contribution in [2.24, 2.45) is 0 Å². The Bertz CT molecular complexity index is 190. The minimum atomic E-state index is 0.244. The van der Waals surface area contributed by atoms with Crippen molar-refractivity contribution in [3.8, 4) is 0 Å². The Kier molecular flexibility index (Phi) is 5.69. The van der Waals surface area contributed by atoms with E-state index >= 15 is 0 Å². The molecule has 0 spiro atoms. The Balaban J connectivity index is 1.92. The molecule has 1 rings (SSSR count). The van der Waals surface area contributed by atoms with Crippen LogP contribution in [0.2, 0.25) is 0 Å². The molecule has 0 radical (unpaired) electrons. The minimum absolute atomic E-state index is 0.244. The molecule has 0 aromatic heterocycles. The van der Waals surface area contributed by atoms with Gasteiger partial charge in [0.2, 0.25) is 5.91 Å². The monoisotopic (exact) mass is 212 g/mol. The normalized spacial score (nSPS) is 15.3. The van der Waals surface area contributed by atoms with E-state index in [2.05, 4.69) is 12.2 Å². The average Bonchev–Trinajstić information content (AvgIpc) is 3.05. The second-order valence-electron chi connectivity index (χ2n) is 4.47. The maximum Gasteiger partial charge on any atom is 0.236 e. The van der Waals surface area contributed by atoms with Gasteiger partial charge in [-0.2, -0.15) is 0 Å². The summed E-state index contributed by atoms with van der Waals surface area (Å²) in [6.45, 7) is 3.70. The van der Waals surface area contributed by atoms with Crippen molar-refractivity contribution in [2.75, 3.05) is 20.1 Å². The molecule has 1 fully saturated rings. The summed E-state index contributed by atoms with van der Waals surface area (Å²) in [6.07, 6.45) is 7.42. The van der Waals surface area contributed by atoms with Crippen LogP contribution < -0.4 is 5.32 Å². The van der Waals surface area contributed by atoms with Crippen molar-refractivity contribution in [1.29, 1.82) is 0 Å². The number of nitrogens with zero attached hydrogens (tertiary/aromatic N) is 1. The van der Waals surface area contributed by atoms with Crippen LogP contribution in [0.1, 0.15) is 45.4 Å². The minimum Gasteiger partial charge on any atom is -0.342 e. The van der Waals surface area contributed by atoms with Crippen LogP contribution in [0.5, 0.6) is 0 Å². The number of likely N-dealkylation sites (N-methyl/N-ethyl adjacent to an activating group) is 1. The van der Waals surface area contributed by atoms with E-state index in [1.807, 2.05) is 11.9 Å². The van der Waals surface area contributed by atoms with Gasteiger partial charge in [-0.15, -0.1) is 0 Å². The number of carbonyl (C=O) groups is 1. The molecule has 0 aromatic rings. The molecule has 0 aliphatic heterocycles. The van der Waals surface area contributed by atoms with Gasteiger partial charge in [0.25, 0.3) is 0 Å². The molecule has 0 unspecified atom stereocenters. The number of carbonyl (C=O) groups excluding carboxylic acids is 1. The first-order chi connectivity index (χ1) is 7.25. The molecule has 1 aliphatic carbocycles. The Morgan fingerprint density at radius 1 is 1.33 bits per heavy atom. The zero-order chi connectivity index (χ0) is 11.1. The van der Waals surface area contributed by atoms with E-state index < -0.39 is 0 Å². The highest BCUT2D eigenvalue weighted by atomic mass is 16.2. The first kappa shape index (κ1) is 12.5. The van der Waals surface area contributed by atoms with Gasteiger partial charge in [0.15, 0.2) is 0 Å². The van der Waals surface area contributed by atoms with Crippen LogP contribution in [0, 0.1) is 0 Å². The summed E-state index contributed by atoms with van der Waals surface area (Å²) in [5, 5.41) is 3.22. The van der Waals surface area contributed by atoms with E-state index in [1.165, 1.54) is 38.5 Å². The molecule has 1 amide bonds. The molecule has 0 heterocycles. The van der Waals surface area contributed by atoms with Gasteiger partial charge in [-0.3, -0.25) is 4.79 Å². The zero-order valence-electron chi connectivity index (χ0n) is 10.1. The summed E-state index contributed by atoms with van der Waals surface area (Å²) in [5.41, 5.74) is 0. The lowest BCUT2D eigenvalue weighted by atomic mass is 10.2. The fourth-order valence-electron chi connectivity index (χ4n) is 1.66. The third kappa shape index (κ3) is 5.17. The number of unbranched alkanes of at least 4 members (excludes halogenated alkanes) is 3. The van der Waals surface area contributed by atoms with Gasteiger partial charge < -0.3 is 10.2 Å². The maximum atomic E-state index is 11.6. The highest BCUT2D eigenvalue weighted by Gasteiger charge is 2.28. The predicted octanol–water partition coefficient (Wildman–Crippen LogP) is 1.78. The molecule has 0 atom stereocenters. The van der Waals surface area contributed by atoms with Gasteiger partial charge in [-0.1, -0.05) is 26.2 Å². The standard InChI is InChI=1S/C12H24N2O/c1-3-4-5-6-9-13-10-12(15)14(2)11-7-8-11/h11,13H,3-10H2,1-2H3. The summed E-state index contributed by atoms with van der Waals surface area (Å²) < 4.78 is 0. The Morgan fingerprint density at radius 3 is 2.67 bits per heavy atom. The van der Waals surface area contributed by atoms with Gasteiger partial charge in [0.05, 0.1) is 6.54 Å². The first-order valence-electron chi connectivity index (χ1n) is 6.22. The van der Waals surface area contributed by atoms with E-state index in [0.29, 0.717) is 12.6 Å². The molecule has 1 aliphatic rings. The Labute approximate surface area is 93.2 Å². The number of hydrogen-bond donors (Lipinski definition) is 1. The lowest BCUT2D eigenvalue weighted by molar-refractivity contribution is -0.129. The van der Waals surface area contributed by atoms with Crippen molar-refractivity contribution in [1.82, 2.24) is 10.2 Å². The van der Waals surface area contributed by atoms with Crippen LogP contribution in [0.4, 0.5) is 0 Å². The van der Waals surface area contributed by atoms with E-state index in [0.717, 1.165) is 6.54 Å². The molecular weight excluding hydrogens is 188 g/mol. The molecule has 0 bridgehead atoms. The second kappa shape index (κ2) is 6.83. The van der Waals surface area contributed by atoms with Crippen LogP contribution in [0.15, 0.2) is 0 Å². The number of amides is 1. The summed E-state index contributed by atoms with van der Waals surface area (Å²) >= 11 is 0. The summed E-state index contributed by atoms with van der Waals surface area (Å²) in [6, 6.07) is 0.541. The van der Waals surface area contributed by atoms with E-state index in [9.17, 15) is 4.79 Å². The van der Waals surface area contributed by atoms with Crippen LogP contribution in [-0.4, -0.2) is 37.0 Å². The topological polar surface area (TPSA) is 32.3 Å². The fourth-order valence-corrected chi connectivity index (χ4v) is 1.66. The Morgan fingerprint density at radius 2 is 2.07 bits per heavy atom. The molecule has 0 aromatic carbocycles. The van der Waals surface area contributed by atoms with Crippen molar-refractivity contribution >= 4 is 5.91 Å². The third-order valence-electron chi connectivity index (χ3n) is 2.97. The molecule has 3 nitrogen and oxygen atoms in total. The summed E-state index contributed by atoms with van der Waals surface area (Å²) in [5.74, 6) is 0.244. The molecule has 15 heavy (non-hydrogen) atoms. The van der Waals surface area contributed by atoms with Gasteiger partial charge in [-0.05, 0) is 25.8 Å². The smallest absolute Gasteiger partial charge is 0.236 e. The van der Waals surface area contributed by atoms with Crippen LogP contribution in [0.3, 0.4) is 0 Å². The van der Waals surface area contributed by atoms with Gasteiger partial charge in [-0.25, -0.2) is 0 Å². The third-order valence-corrected chi connectivity index (χ3v) is 2.97. The van der Waals surface area contributed by atoms with Crippen LogP contribution in [0.25, 0.3) is 0 Å². The largest absolute Gasteiger partial charge is 0.342 e. The van der Waals surface area contributed by atoms with Crippen molar-refractivity contribution < 1.29 is 4.79 Å². The van der Waals surface area contributed by atoms with Gasteiger partial charge >= 0.3 is 0 Å². The lowest BCUT2D eigenvalue weighted by Gasteiger charge is -2.16. The van der Waals surface area contributed by atoms with Crippen molar-refractivity contribution in [2.45, 2.75) is 51.5 Å². The predicted molar refractivity (Wildman–Crippen MR) is 62.8 cm³/mol. The number of rotatable bonds is 8. The maximum absolute atomic E-state index is 11.6. The number of hydrogen-bond acceptors (Lipinski definition) is 2. The molecule has 3 heteroatoms. The van der Waals surface area contributed by atoms with E-state index in [1.54, 1.807) is 0 Å². The van der Waals surface area contributed by atoms with Crippen LogP contribution in [-0.2, 0) is 4.79 Å². The number of nitrogens with one attached hydrogen (secondary N) is 1.